The van der Waals surface area contributed by atoms with E-state index >= 15 is 0 Å². The number of carbonyl (C=O) groups is 1. The Bertz CT molecular complexity index is 861. The van der Waals surface area contributed by atoms with Crippen LogP contribution < -0.4 is 0 Å². The number of aryl methyl sites for hydroxylation is 1. The molecule has 0 fully saturated rings. The van der Waals surface area contributed by atoms with E-state index in [-0.39, 0.29) is 11.3 Å². The molecule has 2 heterocycles. The predicted molar refractivity (Wildman–Crippen MR) is 102 cm³/mol. The van der Waals surface area contributed by atoms with Gasteiger partial charge in [0.1, 0.15) is 5.01 Å². The van der Waals surface area contributed by atoms with Crippen molar-refractivity contribution in [2.75, 3.05) is 7.05 Å². The van der Waals surface area contributed by atoms with Crippen molar-refractivity contribution >= 4 is 27.5 Å². The van der Waals surface area contributed by atoms with E-state index in [1.807, 2.05) is 46.0 Å². The van der Waals surface area contributed by atoms with Gasteiger partial charge >= 0.3 is 0 Å². The van der Waals surface area contributed by atoms with Gasteiger partial charge in [-0.05, 0) is 18.6 Å². The average Bonchev–Trinajstić information content (AvgIpc) is 3.20. The summed E-state index contributed by atoms with van der Waals surface area (Å²) in [5.74, 6) is 1.39. The van der Waals surface area contributed by atoms with Gasteiger partial charge in [-0.1, -0.05) is 38.1 Å². The number of thiazole rings is 1. The number of nitrogens with zero attached hydrogens (tertiary/aromatic N) is 4. The van der Waals surface area contributed by atoms with Crippen LogP contribution in [0.2, 0.25) is 0 Å². The number of fused-ring (bicyclic) bond motifs is 1. The Morgan fingerprint density at radius 3 is 2.69 bits per heavy atom. The molecule has 0 saturated heterocycles. The van der Waals surface area contributed by atoms with Gasteiger partial charge in [-0.15, -0.1) is 11.3 Å². The lowest BCUT2D eigenvalue weighted by molar-refractivity contribution is -0.130. The third-order valence-electron chi connectivity index (χ3n) is 4.06. The molecule has 0 saturated carbocycles. The average molecular weight is 372 g/mol. The van der Waals surface area contributed by atoms with Gasteiger partial charge < -0.3 is 9.42 Å². The van der Waals surface area contributed by atoms with Gasteiger partial charge in [0.2, 0.25) is 11.8 Å². The minimum Gasteiger partial charge on any atom is -0.339 e. The summed E-state index contributed by atoms with van der Waals surface area (Å²) in [7, 11) is 1.82. The molecule has 0 N–H and O–H groups in total. The Morgan fingerprint density at radius 1 is 1.23 bits per heavy atom. The fourth-order valence-electron chi connectivity index (χ4n) is 2.52. The maximum absolute atomic E-state index is 12.4. The van der Waals surface area contributed by atoms with Crippen LogP contribution in [0.15, 0.2) is 28.8 Å². The van der Waals surface area contributed by atoms with E-state index in [0.717, 1.165) is 15.2 Å². The number of rotatable bonds is 6. The van der Waals surface area contributed by atoms with Crippen LogP contribution in [-0.4, -0.2) is 33.0 Å². The molecule has 26 heavy (non-hydrogen) atoms. The molecule has 138 valence electrons. The minimum absolute atomic E-state index is 0.0971. The van der Waals surface area contributed by atoms with Crippen molar-refractivity contribution in [2.45, 2.75) is 52.0 Å². The van der Waals surface area contributed by atoms with Crippen LogP contribution in [0.3, 0.4) is 0 Å². The summed E-state index contributed by atoms with van der Waals surface area (Å²) in [6.07, 6.45) is 1.76. The van der Waals surface area contributed by atoms with Gasteiger partial charge in [0, 0.05) is 25.3 Å². The lowest BCUT2D eigenvalue weighted by atomic mass is 9.96. The Balaban J connectivity index is 1.49. The number of hydrogen-bond acceptors (Lipinski definition) is 6. The Hall–Kier alpha value is -2.28. The summed E-state index contributed by atoms with van der Waals surface area (Å²) in [4.78, 5) is 23.1. The van der Waals surface area contributed by atoms with Crippen molar-refractivity contribution < 1.29 is 9.32 Å². The first kappa shape index (κ1) is 18.5. The molecule has 0 atom stereocenters. The quantitative estimate of drug-likeness (QED) is 0.655. The zero-order valence-corrected chi connectivity index (χ0v) is 16.5. The molecular formula is C19H24N4O2S. The number of aromatic nitrogens is 3. The molecule has 6 nitrogen and oxygen atoms in total. The first-order valence-electron chi connectivity index (χ1n) is 8.74. The predicted octanol–water partition coefficient (Wildman–Crippen LogP) is 3.96. The van der Waals surface area contributed by atoms with Gasteiger partial charge in [-0.2, -0.15) is 4.98 Å². The zero-order chi connectivity index (χ0) is 18.7. The minimum atomic E-state index is -0.130. The summed E-state index contributed by atoms with van der Waals surface area (Å²) in [6, 6.07) is 8.02. The summed E-state index contributed by atoms with van der Waals surface area (Å²) < 4.78 is 6.42. The third-order valence-corrected chi connectivity index (χ3v) is 5.08. The molecule has 3 aromatic rings. The number of amides is 1. The van der Waals surface area contributed by atoms with Crippen molar-refractivity contribution in [1.82, 2.24) is 20.0 Å². The summed E-state index contributed by atoms with van der Waals surface area (Å²) in [6.45, 7) is 6.67. The van der Waals surface area contributed by atoms with E-state index in [4.69, 9.17) is 4.52 Å². The molecule has 3 rings (SSSR count). The first-order chi connectivity index (χ1) is 12.3. The SMILES string of the molecule is CN(Cc1nc2ccccc2s1)C(=O)CCCc1nc(C(C)(C)C)no1. The molecule has 0 aliphatic rings. The smallest absolute Gasteiger partial charge is 0.226 e. The Labute approximate surface area is 157 Å². The molecule has 2 aromatic heterocycles. The van der Waals surface area contributed by atoms with Crippen LogP contribution in [0, 0.1) is 0 Å². The highest BCUT2D eigenvalue weighted by Crippen LogP contribution is 2.23. The first-order valence-corrected chi connectivity index (χ1v) is 9.56. The van der Waals surface area contributed by atoms with Crippen LogP contribution in [0.1, 0.15) is 50.3 Å². The van der Waals surface area contributed by atoms with Crippen LogP contribution in [0.4, 0.5) is 0 Å². The second kappa shape index (κ2) is 7.53. The lowest BCUT2D eigenvalue weighted by Gasteiger charge is -2.15. The summed E-state index contributed by atoms with van der Waals surface area (Å²) >= 11 is 1.63. The molecule has 0 unspecified atom stereocenters. The van der Waals surface area contributed by atoms with Crippen LogP contribution in [0.5, 0.6) is 0 Å². The highest BCUT2D eigenvalue weighted by molar-refractivity contribution is 7.18. The zero-order valence-electron chi connectivity index (χ0n) is 15.7. The standard InChI is InChI=1S/C19H24N4O2S/c1-19(2,3)18-21-15(25-22-18)10-7-11-17(24)23(4)12-16-20-13-8-5-6-9-14(13)26-16/h5-6,8-9H,7,10-12H2,1-4H3. The second-order valence-corrected chi connectivity index (χ2v) is 8.56. The molecule has 7 heteroatoms. The summed E-state index contributed by atoms with van der Waals surface area (Å²) in [5, 5.41) is 4.96. The van der Waals surface area contributed by atoms with E-state index in [1.165, 1.54) is 0 Å². The van der Waals surface area contributed by atoms with E-state index in [0.29, 0.717) is 37.5 Å². The van der Waals surface area contributed by atoms with Crippen molar-refractivity contribution in [2.24, 2.45) is 0 Å². The van der Waals surface area contributed by atoms with E-state index in [1.54, 1.807) is 16.2 Å². The largest absolute Gasteiger partial charge is 0.339 e. The van der Waals surface area contributed by atoms with Gasteiger partial charge in [0.15, 0.2) is 5.82 Å². The van der Waals surface area contributed by atoms with E-state index < -0.39 is 0 Å². The molecule has 1 amide bonds. The van der Waals surface area contributed by atoms with E-state index in [9.17, 15) is 4.79 Å². The second-order valence-electron chi connectivity index (χ2n) is 7.44. The fourth-order valence-corrected chi connectivity index (χ4v) is 3.54. The molecule has 0 aliphatic carbocycles. The topological polar surface area (TPSA) is 72.1 Å². The number of hydrogen-bond donors (Lipinski definition) is 0. The fraction of sp³-hybridized carbons (Fsp3) is 0.474. The van der Waals surface area contributed by atoms with Gasteiger partial charge in [-0.25, -0.2) is 4.98 Å². The molecule has 0 radical (unpaired) electrons. The highest BCUT2D eigenvalue weighted by atomic mass is 32.1. The van der Waals surface area contributed by atoms with Gasteiger partial charge in [0.05, 0.1) is 16.8 Å². The molecule has 0 bridgehead atoms. The van der Waals surface area contributed by atoms with Gasteiger partial charge in [-0.3, -0.25) is 4.79 Å². The monoisotopic (exact) mass is 372 g/mol. The van der Waals surface area contributed by atoms with Crippen LogP contribution in [-0.2, 0) is 23.2 Å². The molecule has 0 spiro atoms. The molecular weight excluding hydrogens is 348 g/mol. The normalized spacial score (nSPS) is 11.8. The van der Waals surface area contributed by atoms with Crippen LogP contribution >= 0.6 is 11.3 Å². The van der Waals surface area contributed by atoms with Gasteiger partial charge in [0.25, 0.3) is 0 Å². The number of para-hydroxylation sites is 1. The van der Waals surface area contributed by atoms with Crippen molar-refractivity contribution in [3.63, 3.8) is 0 Å². The lowest BCUT2D eigenvalue weighted by Crippen LogP contribution is -2.25. The van der Waals surface area contributed by atoms with Crippen LogP contribution in [0.25, 0.3) is 10.2 Å². The highest BCUT2D eigenvalue weighted by Gasteiger charge is 2.21. The third kappa shape index (κ3) is 4.46. The Morgan fingerprint density at radius 2 is 2.00 bits per heavy atom. The summed E-state index contributed by atoms with van der Waals surface area (Å²) in [5.41, 5.74) is 0.856. The molecule has 0 aliphatic heterocycles. The molecule has 1 aromatic carbocycles. The van der Waals surface area contributed by atoms with Crippen molar-refractivity contribution in [3.8, 4) is 0 Å². The van der Waals surface area contributed by atoms with Crippen molar-refractivity contribution in [1.29, 1.82) is 0 Å². The van der Waals surface area contributed by atoms with E-state index in [2.05, 4.69) is 21.2 Å². The Kier molecular flexibility index (Phi) is 5.36. The maximum atomic E-state index is 12.4. The number of benzene rings is 1. The number of carbonyl (C=O) groups excluding carboxylic acids is 1. The maximum Gasteiger partial charge on any atom is 0.226 e. The van der Waals surface area contributed by atoms with Crippen molar-refractivity contribution in [3.05, 3.63) is 41.0 Å².